The first-order valence-electron chi connectivity index (χ1n) is 19.6. The highest BCUT2D eigenvalue weighted by Crippen LogP contribution is 2.48. The van der Waals surface area contributed by atoms with Crippen LogP contribution in [0.1, 0.15) is 77.3 Å². The van der Waals surface area contributed by atoms with Gasteiger partial charge in [-0.25, -0.2) is 9.13 Å². The summed E-state index contributed by atoms with van der Waals surface area (Å²) in [7, 11) is -6.06. The standard InChI is InChI=1S/C34H63N5O17P2/c1-23-31(43)33(50-4)28(55-23)22-53-57(45,46)51-16-9-5-6-12-30(42)36-17-26-18-39(38-37-26)15-10-13-29(41)35-14-8-7-11-25(19-40)20-52-58(47,48)56-34-27(21-49-3)54-24(2)32(34)44/h18,23-25,27-28,31-34,40,43-44H,5-17,19-22H2,1-4H3,(H,35,41)(H,36,42)(H,45,46)(H,47,48)/t23-,24-,25?,27+,28+,31+,32+,33?,34?/m0/s1. The summed E-state index contributed by atoms with van der Waals surface area (Å²) in [6, 6.07) is 0. The topological polar surface area (TPSA) is 298 Å². The van der Waals surface area contributed by atoms with Gasteiger partial charge < -0.3 is 54.7 Å². The fourth-order valence-corrected chi connectivity index (χ4v) is 8.14. The van der Waals surface area contributed by atoms with Crippen LogP contribution in [0.25, 0.3) is 0 Å². The van der Waals surface area contributed by atoms with E-state index in [9.17, 15) is 43.8 Å². The van der Waals surface area contributed by atoms with Crippen LogP contribution in [0.15, 0.2) is 6.20 Å². The Balaban J connectivity index is 1.18. The molecule has 2 aliphatic heterocycles. The molecule has 1 aromatic rings. The van der Waals surface area contributed by atoms with Crippen molar-refractivity contribution in [1.29, 1.82) is 0 Å². The highest BCUT2D eigenvalue weighted by molar-refractivity contribution is 7.47. The highest BCUT2D eigenvalue weighted by atomic mass is 31.2. The van der Waals surface area contributed by atoms with Gasteiger partial charge in [-0.15, -0.1) is 5.10 Å². The van der Waals surface area contributed by atoms with Crippen molar-refractivity contribution >= 4 is 27.5 Å². The predicted molar refractivity (Wildman–Crippen MR) is 203 cm³/mol. The quantitative estimate of drug-likeness (QED) is 0.0414. The molecule has 0 saturated carbocycles. The Morgan fingerprint density at radius 1 is 0.862 bits per heavy atom. The molecule has 2 fully saturated rings. The summed E-state index contributed by atoms with van der Waals surface area (Å²) in [4.78, 5) is 44.7. The second-order valence-electron chi connectivity index (χ2n) is 14.4. The van der Waals surface area contributed by atoms with E-state index in [2.05, 4.69) is 20.9 Å². The highest BCUT2D eigenvalue weighted by Gasteiger charge is 2.46. The van der Waals surface area contributed by atoms with Gasteiger partial charge in [-0.2, -0.15) is 0 Å². The number of phosphoric acid groups is 2. The fraction of sp³-hybridized carbons (Fsp3) is 0.882. The monoisotopic (exact) mass is 875 g/mol. The molecule has 0 aliphatic carbocycles. The number of carbonyl (C=O) groups excluding carboxylic acids is 2. The molecule has 0 radical (unpaired) electrons. The molecule has 7 N–H and O–H groups in total. The van der Waals surface area contributed by atoms with E-state index in [1.165, 1.54) is 14.2 Å². The lowest BCUT2D eigenvalue weighted by atomic mass is 10.0. The Kier molecular flexibility index (Phi) is 22.3. The molecule has 1 aromatic heterocycles. The third-order valence-corrected chi connectivity index (χ3v) is 11.6. The first-order valence-corrected chi connectivity index (χ1v) is 22.6. The molecule has 2 amide bonds. The van der Waals surface area contributed by atoms with Crippen LogP contribution in [0.5, 0.6) is 0 Å². The van der Waals surface area contributed by atoms with E-state index < -0.39 is 70.4 Å². The molecule has 58 heavy (non-hydrogen) atoms. The number of rotatable bonds is 30. The number of nitrogens with one attached hydrogen (secondary N) is 2. The van der Waals surface area contributed by atoms with Crippen molar-refractivity contribution in [3.05, 3.63) is 11.9 Å². The first kappa shape index (κ1) is 50.4. The van der Waals surface area contributed by atoms with Crippen molar-refractivity contribution in [3.63, 3.8) is 0 Å². The SMILES string of the molecule is COC[C@H]1O[C@@H](C)[C@@H](O)C1OP(=O)(O)OCC(CO)CCCCNC(=O)CCCn1cc(CNC(=O)CCCCCOP(=O)(O)OC[C@H]2O[C@@H](C)[C@@H](O)C2OC)nn1. The van der Waals surface area contributed by atoms with E-state index in [1.807, 2.05) is 0 Å². The van der Waals surface area contributed by atoms with Crippen LogP contribution in [0.3, 0.4) is 0 Å². The summed E-state index contributed by atoms with van der Waals surface area (Å²) in [5.41, 5.74) is 0.558. The fourth-order valence-electron chi connectivity index (χ4n) is 6.34. The van der Waals surface area contributed by atoms with E-state index in [0.717, 1.165) is 0 Å². The number of aromatic nitrogens is 3. The molecule has 0 bridgehead atoms. The summed E-state index contributed by atoms with van der Waals surface area (Å²) in [5, 5.41) is 43.7. The largest absolute Gasteiger partial charge is 0.472 e. The van der Waals surface area contributed by atoms with E-state index in [4.69, 9.17) is 37.0 Å². The number of aliphatic hydroxyl groups is 3. The number of carbonyl (C=O) groups is 2. The lowest BCUT2D eigenvalue weighted by Gasteiger charge is -2.24. The van der Waals surface area contributed by atoms with Crippen LogP contribution in [0.2, 0.25) is 0 Å². The van der Waals surface area contributed by atoms with Crippen LogP contribution in [-0.4, -0.2) is 155 Å². The van der Waals surface area contributed by atoms with Gasteiger partial charge in [-0.3, -0.25) is 32.4 Å². The molecule has 0 aromatic carbocycles. The summed E-state index contributed by atoms with van der Waals surface area (Å²) in [6.45, 7) is 3.53. The Bertz CT molecular complexity index is 1460. The van der Waals surface area contributed by atoms with Crippen molar-refractivity contribution in [1.82, 2.24) is 25.6 Å². The van der Waals surface area contributed by atoms with Crippen LogP contribution >= 0.6 is 15.6 Å². The molecule has 24 heteroatoms. The summed E-state index contributed by atoms with van der Waals surface area (Å²) in [5.74, 6) is -0.762. The van der Waals surface area contributed by atoms with E-state index in [1.54, 1.807) is 24.7 Å². The number of hydrogen-bond acceptors (Lipinski definition) is 17. The average molecular weight is 876 g/mol. The average Bonchev–Trinajstić information content (AvgIpc) is 3.83. The lowest BCUT2D eigenvalue weighted by Crippen LogP contribution is -2.36. The van der Waals surface area contributed by atoms with Gasteiger partial charge in [-0.05, 0) is 46.0 Å². The van der Waals surface area contributed by atoms with Gasteiger partial charge in [0, 0.05) is 52.7 Å². The van der Waals surface area contributed by atoms with Crippen LogP contribution in [0.4, 0.5) is 0 Å². The van der Waals surface area contributed by atoms with Crippen molar-refractivity contribution in [2.75, 3.05) is 53.8 Å². The zero-order valence-corrected chi connectivity index (χ0v) is 35.5. The maximum atomic E-state index is 12.5. The zero-order valence-electron chi connectivity index (χ0n) is 33.7. The van der Waals surface area contributed by atoms with Crippen LogP contribution in [0, 0.1) is 5.92 Å². The molecule has 2 aliphatic rings. The molecule has 3 rings (SSSR count). The molecular weight excluding hydrogens is 812 g/mol. The number of methoxy groups -OCH3 is 2. The van der Waals surface area contributed by atoms with E-state index in [0.29, 0.717) is 63.7 Å². The molecule has 2 saturated heterocycles. The van der Waals surface area contributed by atoms with Crippen molar-refractivity contribution in [2.24, 2.45) is 5.92 Å². The van der Waals surface area contributed by atoms with Crippen LogP contribution < -0.4 is 10.6 Å². The molecule has 3 heterocycles. The smallest absolute Gasteiger partial charge is 0.396 e. The Labute approximate surface area is 338 Å². The summed E-state index contributed by atoms with van der Waals surface area (Å²) in [6.07, 6.45) is -0.427. The predicted octanol–water partition coefficient (Wildman–Crippen LogP) is 0.724. The van der Waals surface area contributed by atoms with E-state index >= 15 is 0 Å². The van der Waals surface area contributed by atoms with Gasteiger partial charge in [-0.1, -0.05) is 18.1 Å². The third kappa shape index (κ3) is 17.9. The summed E-state index contributed by atoms with van der Waals surface area (Å²) < 4.78 is 67.8. The number of phosphoric ester groups is 2. The van der Waals surface area contributed by atoms with Crippen molar-refractivity contribution < 1.29 is 80.9 Å². The molecule has 5 unspecified atom stereocenters. The summed E-state index contributed by atoms with van der Waals surface area (Å²) >= 11 is 0. The number of hydrogen-bond donors (Lipinski definition) is 7. The maximum Gasteiger partial charge on any atom is 0.472 e. The molecule has 336 valence electrons. The second-order valence-corrected chi connectivity index (χ2v) is 17.2. The van der Waals surface area contributed by atoms with Gasteiger partial charge in [0.2, 0.25) is 11.8 Å². The van der Waals surface area contributed by atoms with Gasteiger partial charge in [0.05, 0.1) is 51.4 Å². The molecule has 22 nitrogen and oxygen atoms in total. The molecular formula is C34H63N5O17P2. The number of ether oxygens (including phenoxy) is 4. The van der Waals surface area contributed by atoms with Crippen molar-refractivity contribution in [3.8, 4) is 0 Å². The Hall–Kier alpha value is -1.98. The van der Waals surface area contributed by atoms with E-state index in [-0.39, 0.29) is 64.2 Å². The Morgan fingerprint density at radius 2 is 1.53 bits per heavy atom. The number of nitrogens with zero attached hydrogens (tertiary/aromatic N) is 3. The zero-order chi connectivity index (χ0) is 42.7. The number of amides is 2. The van der Waals surface area contributed by atoms with Gasteiger partial charge in [0.25, 0.3) is 0 Å². The number of aryl methyl sites for hydroxylation is 1. The first-order chi connectivity index (χ1) is 27.6. The lowest BCUT2D eigenvalue weighted by molar-refractivity contribution is -0.122. The minimum Gasteiger partial charge on any atom is -0.396 e. The molecule has 11 atom stereocenters. The number of unbranched alkanes of at least 4 members (excludes halogenated alkanes) is 3. The third-order valence-electron chi connectivity index (χ3n) is 9.65. The van der Waals surface area contributed by atoms with Crippen molar-refractivity contribution in [2.45, 2.75) is 134 Å². The molecule has 0 spiro atoms. The second kappa shape index (κ2) is 25.7. The van der Waals surface area contributed by atoms with Gasteiger partial charge >= 0.3 is 15.6 Å². The minimum absolute atomic E-state index is 0.0424. The number of aliphatic hydroxyl groups excluding tert-OH is 3. The minimum atomic E-state index is -4.57. The van der Waals surface area contributed by atoms with Gasteiger partial charge in [0.1, 0.15) is 42.3 Å². The Morgan fingerprint density at radius 3 is 2.22 bits per heavy atom. The van der Waals surface area contributed by atoms with Gasteiger partial charge in [0.15, 0.2) is 0 Å². The maximum absolute atomic E-state index is 12.5. The van der Waals surface area contributed by atoms with Crippen LogP contribution in [-0.2, 0) is 68.9 Å². The normalized spacial score (nSPS) is 27.3.